The smallest absolute Gasteiger partial charge is 0.436 e. The number of hydrogen-bond acceptors (Lipinski definition) is 7. The van der Waals surface area contributed by atoms with E-state index in [4.69, 9.17) is 9.29 Å². The van der Waals surface area contributed by atoms with Gasteiger partial charge in [0, 0.05) is 13.1 Å². The van der Waals surface area contributed by atoms with Crippen molar-refractivity contribution in [1.29, 1.82) is 0 Å². The second-order valence-electron chi connectivity index (χ2n) is 9.76. The number of aryl methyl sites for hydroxylation is 1. The fourth-order valence-electron chi connectivity index (χ4n) is 4.60. The molecule has 2 heterocycles. The zero-order chi connectivity index (χ0) is 29.9. The van der Waals surface area contributed by atoms with E-state index in [1.54, 1.807) is 11.8 Å². The maximum Gasteiger partial charge on any atom is 0.436 e. The lowest BCUT2D eigenvalue weighted by Gasteiger charge is -2.21. The van der Waals surface area contributed by atoms with Gasteiger partial charge >= 0.3 is 12.1 Å². The molecule has 0 saturated heterocycles. The van der Waals surface area contributed by atoms with Crippen molar-refractivity contribution in [3.63, 3.8) is 0 Å². The fourth-order valence-corrected chi connectivity index (χ4v) is 5.02. The molecule has 10 nitrogen and oxygen atoms in total. The maximum absolute atomic E-state index is 14.0. The first-order valence-electron chi connectivity index (χ1n) is 12.7. The van der Waals surface area contributed by atoms with E-state index in [1.165, 1.54) is 28.9 Å². The van der Waals surface area contributed by atoms with Crippen molar-refractivity contribution in [3.8, 4) is 0 Å². The van der Waals surface area contributed by atoms with Gasteiger partial charge < -0.3 is 15.3 Å². The summed E-state index contributed by atoms with van der Waals surface area (Å²) in [5.41, 5.74) is 0.497. The second kappa shape index (κ2) is 11.9. The van der Waals surface area contributed by atoms with E-state index in [-0.39, 0.29) is 31.1 Å². The maximum atomic E-state index is 14.0. The normalized spacial score (nSPS) is 14.1. The van der Waals surface area contributed by atoms with E-state index < -0.39 is 45.5 Å². The molecule has 2 N–H and O–H groups in total. The number of carboxylic acids is 1. The van der Waals surface area contributed by atoms with E-state index in [9.17, 15) is 31.2 Å². The monoisotopic (exact) mass is 594 g/mol. The molecule has 220 valence electrons. The summed E-state index contributed by atoms with van der Waals surface area (Å²) in [5, 5.41) is 15.4. The second-order valence-corrected chi connectivity index (χ2v) is 11.4. The molecule has 0 fully saturated rings. The Kier molecular flexibility index (Phi) is 8.73. The van der Waals surface area contributed by atoms with Gasteiger partial charge in [-0.15, -0.1) is 0 Å². The van der Waals surface area contributed by atoms with Crippen LogP contribution in [0.4, 0.5) is 19.0 Å². The summed E-state index contributed by atoms with van der Waals surface area (Å²) in [6, 6.07) is 12.4. The average Bonchev–Trinajstić information content (AvgIpc) is 3.47. The Morgan fingerprint density at radius 2 is 1.71 bits per heavy atom. The Morgan fingerprint density at radius 3 is 2.29 bits per heavy atom. The SMILES string of the molecule is CC(NC(=O)c1c(C(F)(F)F)nn2c1N(Cc1ccc(CCCOS(C)(=O)=O)cc1)CC2)c1ccc(C(=O)O)cc1. The predicted molar refractivity (Wildman–Crippen MR) is 143 cm³/mol. The molecule has 1 aromatic heterocycles. The molecule has 0 bridgehead atoms. The topological polar surface area (TPSA) is 131 Å². The number of carboxylic acid groups (broad SMARTS) is 1. The first-order valence-corrected chi connectivity index (χ1v) is 14.5. The van der Waals surface area contributed by atoms with E-state index in [0.29, 0.717) is 24.9 Å². The number of carbonyl (C=O) groups is 2. The quantitative estimate of drug-likeness (QED) is 0.252. The van der Waals surface area contributed by atoms with E-state index in [1.807, 2.05) is 24.3 Å². The van der Waals surface area contributed by atoms with Gasteiger partial charge in [0.15, 0.2) is 5.69 Å². The molecule has 0 aliphatic carbocycles. The van der Waals surface area contributed by atoms with Crippen LogP contribution in [-0.4, -0.2) is 54.6 Å². The number of aromatic carboxylic acids is 1. The highest BCUT2D eigenvalue weighted by molar-refractivity contribution is 7.85. The molecular weight excluding hydrogens is 565 g/mol. The summed E-state index contributed by atoms with van der Waals surface area (Å²) in [5.74, 6) is -1.98. The number of rotatable bonds is 11. The molecule has 2 aromatic carbocycles. The number of halogens is 3. The molecule has 1 atom stereocenters. The molecule has 41 heavy (non-hydrogen) atoms. The Balaban J connectivity index is 1.51. The molecule has 0 saturated carbocycles. The number of anilines is 1. The zero-order valence-electron chi connectivity index (χ0n) is 22.3. The molecule has 3 aromatic rings. The summed E-state index contributed by atoms with van der Waals surface area (Å²) in [6.45, 7) is 2.44. The molecule has 4 rings (SSSR count). The highest BCUT2D eigenvalue weighted by Crippen LogP contribution is 2.38. The van der Waals surface area contributed by atoms with Crippen molar-refractivity contribution in [3.05, 3.63) is 82.0 Å². The van der Waals surface area contributed by atoms with Crippen LogP contribution in [0.25, 0.3) is 0 Å². The van der Waals surface area contributed by atoms with E-state index in [2.05, 4.69) is 10.4 Å². The van der Waals surface area contributed by atoms with Crippen molar-refractivity contribution in [2.75, 3.05) is 24.3 Å². The number of hydrogen-bond donors (Lipinski definition) is 2. The van der Waals surface area contributed by atoms with Crippen LogP contribution < -0.4 is 10.2 Å². The third-order valence-corrected chi connectivity index (χ3v) is 7.21. The highest BCUT2D eigenvalue weighted by Gasteiger charge is 2.44. The van der Waals surface area contributed by atoms with Crippen LogP contribution in [0.2, 0.25) is 0 Å². The summed E-state index contributed by atoms with van der Waals surface area (Å²) in [7, 11) is -3.50. The number of alkyl halides is 3. The van der Waals surface area contributed by atoms with Crippen molar-refractivity contribution >= 4 is 27.8 Å². The van der Waals surface area contributed by atoms with Crippen LogP contribution >= 0.6 is 0 Å². The standard InChI is InChI=1S/C27H29F3N4O6S/c1-17(20-9-11-21(12-10-20)26(36)37)31-24(35)22-23(27(28,29)30)32-34-14-13-33(25(22)34)16-19-7-5-18(6-8-19)4-3-15-40-41(2,38)39/h5-12,17H,3-4,13-16H2,1-2H3,(H,31,35)(H,36,37). The zero-order valence-corrected chi connectivity index (χ0v) is 23.1. The summed E-state index contributed by atoms with van der Waals surface area (Å²) in [4.78, 5) is 26.1. The predicted octanol–water partition coefficient (Wildman–Crippen LogP) is 4.02. The Labute approximate surface area is 234 Å². The minimum Gasteiger partial charge on any atom is -0.478 e. The summed E-state index contributed by atoms with van der Waals surface area (Å²) < 4.78 is 70.0. The molecule has 1 aliphatic rings. The van der Waals surface area contributed by atoms with Crippen LogP contribution in [0.15, 0.2) is 48.5 Å². The van der Waals surface area contributed by atoms with E-state index in [0.717, 1.165) is 17.4 Å². The van der Waals surface area contributed by atoms with Crippen molar-refractivity contribution in [2.45, 2.75) is 45.1 Å². The Hall–Kier alpha value is -3.91. The minimum absolute atomic E-state index is 0.0470. The van der Waals surface area contributed by atoms with Crippen molar-refractivity contribution in [1.82, 2.24) is 15.1 Å². The van der Waals surface area contributed by atoms with Gasteiger partial charge in [-0.3, -0.25) is 8.98 Å². The molecule has 1 unspecified atom stereocenters. The number of fused-ring (bicyclic) bond motifs is 1. The minimum atomic E-state index is -4.86. The number of nitrogens with zero attached hydrogens (tertiary/aromatic N) is 3. The van der Waals surface area contributed by atoms with Crippen LogP contribution in [0, 0.1) is 0 Å². The van der Waals surface area contributed by atoms with Gasteiger partial charge in [0.1, 0.15) is 11.4 Å². The molecule has 0 radical (unpaired) electrons. The van der Waals surface area contributed by atoms with Gasteiger partial charge in [-0.05, 0) is 48.6 Å². The van der Waals surface area contributed by atoms with Crippen molar-refractivity contribution in [2.24, 2.45) is 0 Å². The van der Waals surface area contributed by atoms with Gasteiger partial charge in [-0.1, -0.05) is 36.4 Å². The number of nitrogens with one attached hydrogen (secondary N) is 1. The van der Waals surface area contributed by atoms with Crippen LogP contribution in [0.5, 0.6) is 0 Å². The van der Waals surface area contributed by atoms with Gasteiger partial charge in [0.2, 0.25) is 0 Å². The molecule has 0 spiro atoms. The summed E-state index contributed by atoms with van der Waals surface area (Å²) >= 11 is 0. The number of carbonyl (C=O) groups excluding carboxylic acids is 1. The molecular formula is C27H29F3N4O6S. The Morgan fingerprint density at radius 1 is 1.07 bits per heavy atom. The lowest BCUT2D eigenvalue weighted by atomic mass is 10.1. The summed E-state index contributed by atoms with van der Waals surface area (Å²) in [6.07, 6.45) is -2.78. The Bertz CT molecular complexity index is 1520. The average molecular weight is 595 g/mol. The number of aromatic nitrogens is 2. The van der Waals surface area contributed by atoms with Gasteiger partial charge in [0.25, 0.3) is 16.0 Å². The van der Waals surface area contributed by atoms with E-state index >= 15 is 0 Å². The first kappa shape index (κ1) is 30.1. The van der Waals surface area contributed by atoms with Crippen LogP contribution in [-0.2, 0) is 40.0 Å². The fraction of sp³-hybridized carbons (Fsp3) is 0.370. The largest absolute Gasteiger partial charge is 0.478 e. The van der Waals surface area contributed by atoms with Gasteiger partial charge in [-0.25, -0.2) is 9.48 Å². The number of amides is 1. The third-order valence-electron chi connectivity index (χ3n) is 6.61. The number of benzene rings is 2. The molecule has 1 aliphatic heterocycles. The first-order chi connectivity index (χ1) is 19.2. The molecule has 1 amide bonds. The third kappa shape index (κ3) is 7.44. The molecule has 14 heteroatoms. The highest BCUT2D eigenvalue weighted by atomic mass is 32.2. The van der Waals surface area contributed by atoms with Gasteiger partial charge in [0.05, 0.1) is 31.0 Å². The van der Waals surface area contributed by atoms with Crippen LogP contribution in [0.3, 0.4) is 0 Å². The van der Waals surface area contributed by atoms with Gasteiger partial charge in [-0.2, -0.15) is 26.7 Å². The lowest BCUT2D eigenvalue weighted by molar-refractivity contribution is -0.141. The van der Waals surface area contributed by atoms with Crippen molar-refractivity contribution < 1.29 is 40.5 Å². The lowest BCUT2D eigenvalue weighted by Crippen LogP contribution is -2.31. The van der Waals surface area contributed by atoms with Crippen LogP contribution in [0.1, 0.15) is 62.5 Å².